The molecule has 1 atom stereocenters. The van der Waals surface area contributed by atoms with Gasteiger partial charge in [-0.25, -0.2) is 0 Å². The minimum Gasteiger partial charge on any atom is -0.367 e. The topological polar surface area (TPSA) is 66.4 Å². The van der Waals surface area contributed by atoms with Gasteiger partial charge in [-0.2, -0.15) is 0 Å². The van der Waals surface area contributed by atoms with Crippen LogP contribution in [0.4, 0.5) is 0 Å². The Kier molecular flexibility index (Phi) is 3.16. The van der Waals surface area contributed by atoms with E-state index in [9.17, 15) is 9.59 Å². The zero-order valence-electron chi connectivity index (χ0n) is 6.81. The van der Waals surface area contributed by atoms with Crippen LogP contribution in [0, 0.1) is 0 Å². The molecule has 0 bridgehead atoms. The van der Waals surface area contributed by atoms with Gasteiger partial charge in [0, 0.05) is 5.56 Å². The molecule has 1 aromatic carbocycles. The fourth-order valence-electron chi connectivity index (χ4n) is 0.841. The molecule has 1 amide bonds. The second-order valence-electron chi connectivity index (χ2n) is 2.42. The summed E-state index contributed by atoms with van der Waals surface area (Å²) in [5.41, 5.74) is 0.406. The third-order valence-electron chi connectivity index (χ3n) is 1.44. The number of aliphatic hydroxyl groups excluding tert-OH is 1. The van der Waals surface area contributed by atoms with Crippen molar-refractivity contribution >= 4 is 12.2 Å². The molecule has 68 valence electrons. The summed E-state index contributed by atoms with van der Waals surface area (Å²) in [5.74, 6) is -0.472. The van der Waals surface area contributed by atoms with Crippen molar-refractivity contribution in [2.75, 3.05) is 0 Å². The van der Waals surface area contributed by atoms with Crippen LogP contribution >= 0.6 is 0 Å². The van der Waals surface area contributed by atoms with Gasteiger partial charge in [-0.3, -0.25) is 9.59 Å². The van der Waals surface area contributed by atoms with Gasteiger partial charge in [0.25, 0.3) is 5.91 Å². The van der Waals surface area contributed by atoms with Crippen LogP contribution in [-0.2, 0) is 4.79 Å². The van der Waals surface area contributed by atoms with Crippen LogP contribution < -0.4 is 5.32 Å². The number of aliphatic hydroxyl groups is 1. The summed E-state index contributed by atoms with van der Waals surface area (Å²) in [5, 5.41) is 10.9. The van der Waals surface area contributed by atoms with Crippen LogP contribution in [-0.4, -0.2) is 23.5 Å². The maximum absolute atomic E-state index is 11.2. The standard InChI is InChI=1S/C9H9NO3/c11-6-8(12)10-9(13)7-4-2-1-3-5-7/h1-6,8,12H,(H,10,13). The van der Waals surface area contributed by atoms with Gasteiger partial charge in [-0.05, 0) is 12.1 Å². The van der Waals surface area contributed by atoms with Crippen molar-refractivity contribution in [1.82, 2.24) is 5.32 Å². The minimum atomic E-state index is -1.44. The van der Waals surface area contributed by atoms with Crippen molar-refractivity contribution in [3.8, 4) is 0 Å². The van der Waals surface area contributed by atoms with E-state index in [4.69, 9.17) is 5.11 Å². The third-order valence-corrected chi connectivity index (χ3v) is 1.44. The van der Waals surface area contributed by atoms with E-state index in [0.717, 1.165) is 0 Å². The Labute approximate surface area is 75.2 Å². The minimum absolute atomic E-state index is 0.251. The van der Waals surface area contributed by atoms with E-state index in [-0.39, 0.29) is 6.29 Å². The molecule has 4 heteroatoms. The van der Waals surface area contributed by atoms with Crippen molar-refractivity contribution < 1.29 is 14.7 Å². The molecular formula is C9H9NO3. The number of benzene rings is 1. The first kappa shape index (κ1) is 9.41. The highest BCUT2D eigenvalue weighted by atomic mass is 16.3. The molecule has 0 heterocycles. The lowest BCUT2D eigenvalue weighted by Crippen LogP contribution is -2.35. The van der Waals surface area contributed by atoms with Crippen LogP contribution in [0.2, 0.25) is 0 Å². The molecule has 0 fully saturated rings. The highest BCUT2D eigenvalue weighted by Gasteiger charge is 2.08. The number of hydrogen-bond donors (Lipinski definition) is 2. The normalized spacial score (nSPS) is 11.8. The Hall–Kier alpha value is -1.68. The van der Waals surface area contributed by atoms with Gasteiger partial charge in [0.15, 0.2) is 12.5 Å². The van der Waals surface area contributed by atoms with Crippen LogP contribution in [0.5, 0.6) is 0 Å². The largest absolute Gasteiger partial charge is 0.367 e. The highest BCUT2D eigenvalue weighted by molar-refractivity contribution is 5.95. The predicted molar refractivity (Wildman–Crippen MR) is 46.0 cm³/mol. The zero-order valence-corrected chi connectivity index (χ0v) is 6.81. The van der Waals surface area contributed by atoms with E-state index < -0.39 is 12.1 Å². The molecule has 2 N–H and O–H groups in total. The maximum Gasteiger partial charge on any atom is 0.253 e. The first-order valence-electron chi connectivity index (χ1n) is 3.73. The lowest BCUT2D eigenvalue weighted by atomic mass is 10.2. The number of amides is 1. The van der Waals surface area contributed by atoms with E-state index in [0.29, 0.717) is 5.56 Å². The fourth-order valence-corrected chi connectivity index (χ4v) is 0.841. The van der Waals surface area contributed by atoms with Crippen molar-refractivity contribution in [3.05, 3.63) is 35.9 Å². The Balaban J connectivity index is 2.64. The molecule has 0 spiro atoms. The molecule has 0 saturated carbocycles. The summed E-state index contributed by atoms with van der Waals surface area (Å²) in [4.78, 5) is 21.2. The number of carbonyl (C=O) groups excluding carboxylic acids is 2. The Morgan fingerprint density at radius 3 is 2.54 bits per heavy atom. The summed E-state index contributed by atoms with van der Waals surface area (Å²) < 4.78 is 0. The quantitative estimate of drug-likeness (QED) is 0.504. The molecule has 13 heavy (non-hydrogen) atoms. The second kappa shape index (κ2) is 4.37. The third kappa shape index (κ3) is 2.68. The zero-order chi connectivity index (χ0) is 9.68. The van der Waals surface area contributed by atoms with Crippen molar-refractivity contribution in [2.45, 2.75) is 6.23 Å². The molecule has 0 aromatic heterocycles. The summed E-state index contributed by atoms with van der Waals surface area (Å²) in [7, 11) is 0. The van der Waals surface area contributed by atoms with Crippen LogP contribution in [0.3, 0.4) is 0 Å². The monoisotopic (exact) mass is 179 g/mol. The maximum atomic E-state index is 11.2. The average molecular weight is 179 g/mol. The number of aldehydes is 1. The van der Waals surface area contributed by atoms with Crippen molar-refractivity contribution in [2.24, 2.45) is 0 Å². The van der Waals surface area contributed by atoms with Crippen molar-refractivity contribution in [1.29, 1.82) is 0 Å². The molecule has 1 unspecified atom stereocenters. The average Bonchev–Trinajstić information content (AvgIpc) is 2.19. The summed E-state index contributed by atoms with van der Waals surface area (Å²) in [6.07, 6.45) is -1.19. The van der Waals surface area contributed by atoms with Gasteiger partial charge in [-0.1, -0.05) is 18.2 Å². The van der Waals surface area contributed by atoms with E-state index >= 15 is 0 Å². The van der Waals surface area contributed by atoms with Crippen LogP contribution in [0.25, 0.3) is 0 Å². The molecule has 0 aliphatic heterocycles. The van der Waals surface area contributed by atoms with Gasteiger partial charge in [0.2, 0.25) is 0 Å². The molecule has 1 aromatic rings. The number of nitrogens with one attached hydrogen (secondary N) is 1. The van der Waals surface area contributed by atoms with Crippen molar-refractivity contribution in [3.63, 3.8) is 0 Å². The molecule has 0 radical (unpaired) electrons. The summed E-state index contributed by atoms with van der Waals surface area (Å²) >= 11 is 0. The second-order valence-corrected chi connectivity index (χ2v) is 2.42. The Morgan fingerprint density at radius 2 is 2.00 bits per heavy atom. The molecule has 0 saturated heterocycles. The van der Waals surface area contributed by atoms with Gasteiger partial charge in [-0.15, -0.1) is 0 Å². The van der Waals surface area contributed by atoms with E-state index in [1.54, 1.807) is 30.3 Å². The smallest absolute Gasteiger partial charge is 0.253 e. The molecule has 4 nitrogen and oxygen atoms in total. The molecular weight excluding hydrogens is 170 g/mol. The molecule has 0 aliphatic carbocycles. The van der Waals surface area contributed by atoms with Gasteiger partial charge >= 0.3 is 0 Å². The number of hydrogen-bond acceptors (Lipinski definition) is 3. The summed E-state index contributed by atoms with van der Waals surface area (Å²) in [6.45, 7) is 0. The summed E-state index contributed by atoms with van der Waals surface area (Å²) in [6, 6.07) is 8.34. The number of carbonyl (C=O) groups is 2. The molecule has 1 rings (SSSR count). The van der Waals surface area contributed by atoms with Gasteiger partial charge in [0.1, 0.15) is 0 Å². The van der Waals surface area contributed by atoms with E-state index in [1.165, 1.54) is 0 Å². The predicted octanol–water partition coefficient (Wildman–Crippen LogP) is -0.0663. The van der Waals surface area contributed by atoms with Crippen LogP contribution in [0.15, 0.2) is 30.3 Å². The van der Waals surface area contributed by atoms with Crippen LogP contribution in [0.1, 0.15) is 10.4 Å². The first-order chi connectivity index (χ1) is 6.24. The number of rotatable bonds is 3. The Morgan fingerprint density at radius 1 is 1.38 bits per heavy atom. The van der Waals surface area contributed by atoms with E-state index in [2.05, 4.69) is 5.32 Å². The lowest BCUT2D eigenvalue weighted by molar-refractivity contribution is -0.115. The highest BCUT2D eigenvalue weighted by Crippen LogP contribution is 1.97. The van der Waals surface area contributed by atoms with Gasteiger partial charge < -0.3 is 10.4 Å². The Bertz CT molecular complexity index is 297. The first-order valence-corrected chi connectivity index (χ1v) is 3.73. The SMILES string of the molecule is O=CC(O)NC(=O)c1ccccc1. The fraction of sp³-hybridized carbons (Fsp3) is 0.111. The van der Waals surface area contributed by atoms with Gasteiger partial charge in [0.05, 0.1) is 0 Å². The molecule has 0 aliphatic rings. The lowest BCUT2D eigenvalue weighted by Gasteiger charge is -2.05. The van der Waals surface area contributed by atoms with E-state index in [1.807, 2.05) is 0 Å².